The quantitative estimate of drug-likeness (QED) is 0.229. The molecule has 1 fully saturated rings. The Morgan fingerprint density at radius 3 is 2.55 bits per heavy atom. The smallest absolute Gasteiger partial charge is 0.268 e. The van der Waals surface area contributed by atoms with E-state index >= 15 is 4.39 Å². The minimum Gasteiger partial charge on any atom is -0.497 e. The summed E-state index contributed by atoms with van der Waals surface area (Å²) in [7, 11) is 0.332. The van der Waals surface area contributed by atoms with Crippen molar-refractivity contribution in [3.05, 3.63) is 83.3 Å². The van der Waals surface area contributed by atoms with Gasteiger partial charge in [-0.2, -0.15) is 5.10 Å². The number of anilines is 1. The molecule has 0 bridgehead atoms. The van der Waals surface area contributed by atoms with Gasteiger partial charge in [-0.25, -0.2) is 27.1 Å². The van der Waals surface area contributed by atoms with E-state index in [2.05, 4.69) is 15.1 Å². The number of methoxy groups -OCH3 is 2. The van der Waals surface area contributed by atoms with Crippen molar-refractivity contribution in [3.8, 4) is 17.2 Å². The highest BCUT2D eigenvalue weighted by Crippen LogP contribution is 2.39. The van der Waals surface area contributed by atoms with Gasteiger partial charge in [0.1, 0.15) is 46.2 Å². The molecular weight excluding hydrogens is 585 g/mol. The van der Waals surface area contributed by atoms with Crippen LogP contribution in [0.1, 0.15) is 42.9 Å². The first-order chi connectivity index (χ1) is 20.2. The molecule has 0 amide bonds. The summed E-state index contributed by atoms with van der Waals surface area (Å²) in [5.74, 6) is 0.0903. The Kier molecular flexibility index (Phi) is 8.83. The highest BCUT2D eigenvalue weighted by Gasteiger charge is 2.34. The van der Waals surface area contributed by atoms with E-state index in [0.29, 0.717) is 17.1 Å². The van der Waals surface area contributed by atoms with Crippen molar-refractivity contribution in [2.75, 3.05) is 18.5 Å². The van der Waals surface area contributed by atoms with Gasteiger partial charge < -0.3 is 14.2 Å². The minimum absolute atomic E-state index is 0.0195. The summed E-state index contributed by atoms with van der Waals surface area (Å²) in [4.78, 5) is 7.40. The molecular formula is C29H31ClFN5O5S. The van der Waals surface area contributed by atoms with Crippen LogP contribution in [0.2, 0.25) is 5.02 Å². The largest absolute Gasteiger partial charge is 0.497 e. The predicted octanol–water partition coefficient (Wildman–Crippen LogP) is 5.52. The lowest BCUT2D eigenvalue weighted by molar-refractivity contribution is 0.126. The Bertz CT molecular complexity index is 1650. The topological polar surface area (TPSA) is 109 Å². The van der Waals surface area contributed by atoms with Gasteiger partial charge in [0.05, 0.1) is 25.8 Å². The van der Waals surface area contributed by atoms with Crippen LogP contribution in [0, 0.1) is 5.82 Å². The molecule has 1 saturated carbocycles. The van der Waals surface area contributed by atoms with Crippen LogP contribution in [0.3, 0.4) is 0 Å². The molecule has 2 atom stereocenters. The van der Waals surface area contributed by atoms with Gasteiger partial charge in [-0.05, 0) is 43.5 Å². The maximum atomic E-state index is 15.7. The molecule has 2 heterocycles. The SMILES string of the molecule is COc1ccc(CN(c2ccncn2)S(=O)(=O)c2cc(Cl)c(O[C@@H]3CCCC[C@H]3c3ccnn3C)cc2F)c(OC)c1. The van der Waals surface area contributed by atoms with E-state index in [9.17, 15) is 8.42 Å². The number of sulfonamides is 1. The lowest BCUT2D eigenvalue weighted by atomic mass is 9.84. The van der Waals surface area contributed by atoms with E-state index in [1.165, 1.54) is 32.8 Å². The van der Waals surface area contributed by atoms with Crippen molar-refractivity contribution in [1.29, 1.82) is 0 Å². The Morgan fingerprint density at radius 1 is 1.05 bits per heavy atom. The minimum atomic E-state index is -4.52. The zero-order valence-electron chi connectivity index (χ0n) is 23.4. The first-order valence-electron chi connectivity index (χ1n) is 13.4. The van der Waals surface area contributed by atoms with Crippen LogP contribution in [0.15, 0.2) is 66.1 Å². The molecule has 13 heteroatoms. The zero-order valence-corrected chi connectivity index (χ0v) is 25.0. The maximum Gasteiger partial charge on any atom is 0.268 e. The number of halogens is 2. The van der Waals surface area contributed by atoms with E-state index < -0.39 is 20.7 Å². The van der Waals surface area contributed by atoms with Gasteiger partial charge in [0.25, 0.3) is 10.0 Å². The molecule has 5 rings (SSSR count). The van der Waals surface area contributed by atoms with Crippen molar-refractivity contribution in [2.45, 2.75) is 49.1 Å². The molecule has 42 heavy (non-hydrogen) atoms. The number of nitrogens with zero attached hydrogens (tertiary/aromatic N) is 5. The summed E-state index contributed by atoms with van der Waals surface area (Å²) >= 11 is 6.57. The molecule has 1 aliphatic carbocycles. The molecule has 222 valence electrons. The van der Waals surface area contributed by atoms with Crippen LogP contribution in [0.5, 0.6) is 17.2 Å². The molecule has 4 aromatic rings. The monoisotopic (exact) mass is 615 g/mol. The molecule has 0 radical (unpaired) electrons. The highest BCUT2D eigenvalue weighted by atomic mass is 35.5. The maximum absolute atomic E-state index is 15.7. The van der Waals surface area contributed by atoms with Gasteiger partial charge in [-0.15, -0.1) is 0 Å². The Hall–Kier alpha value is -3.90. The second kappa shape index (κ2) is 12.5. The number of hydrogen-bond donors (Lipinski definition) is 0. The van der Waals surface area contributed by atoms with Crippen LogP contribution in [0.4, 0.5) is 10.2 Å². The molecule has 0 N–H and O–H groups in total. The summed E-state index contributed by atoms with van der Waals surface area (Å²) in [5.41, 5.74) is 1.52. The normalized spacial score (nSPS) is 17.1. The fraction of sp³-hybridized carbons (Fsp3) is 0.345. The number of ether oxygens (including phenoxy) is 3. The van der Waals surface area contributed by atoms with Gasteiger partial charge in [0, 0.05) is 54.8 Å². The number of hydrogen-bond acceptors (Lipinski definition) is 8. The van der Waals surface area contributed by atoms with E-state index in [0.717, 1.165) is 47.8 Å². The first kappa shape index (κ1) is 29.6. The lowest BCUT2D eigenvalue weighted by Crippen LogP contribution is -2.32. The number of aryl methyl sites for hydroxylation is 1. The van der Waals surface area contributed by atoms with Gasteiger partial charge in [0.15, 0.2) is 0 Å². The first-order valence-corrected chi connectivity index (χ1v) is 15.2. The molecule has 2 aromatic carbocycles. The van der Waals surface area contributed by atoms with Crippen LogP contribution in [-0.4, -0.2) is 48.5 Å². The Balaban J connectivity index is 1.49. The molecule has 0 spiro atoms. The molecule has 1 aliphatic rings. The lowest BCUT2D eigenvalue weighted by Gasteiger charge is -2.32. The van der Waals surface area contributed by atoms with Crippen molar-refractivity contribution in [1.82, 2.24) is 19.7 Å². The summed E-state index contributed by atoms with van der Waals surface area (Å²) in [6.45, 7) is -0.212. The summed E-state index contributed by atoms with van der Waals surface area (Å²) in [6.07, 6.45) is 7.71. The molecule has 0 aliphatic heterocycles. The van der Waals surface area contributed by atoms with Crippen molar-refractivity contribution in [3.63, 3.8) is 0 Å². The third kappa shape index (κ3) is 6.00. The van der Waals surface area contributed by atoms with E-state index in [4.69, 9.17) is 25.8 Å². The molecule has 2 aromatic heterocycles. The summed E-state index contributed by atoms with van der Waals surface area (Å²) in [5, 5.41) is 4.26. The van der Waals surface area contributed by atoms with E-state index in [1.54, 1.807) is 24.4 Å². The van der Waals surface area contributed by atoms with Gasteiger partial charge in [-0.3, -0.25) is 4.68 Å². The molecule has 0 saturated heterocycles. The summed E-state index contributed by atoms with van der Waals surface area (Å²) < 4.78 is 63.6. The summed E-state index contributed by atoms with van der Waals surface area (Å²) in [6, 6.07) is 10.5. The second-order valence-electron chi connectivity index (χ2n) is 9.90. The third-order valence-electron chi connectivity index (χ3n) is 7.40. The van der Waals surface area contributed by atoms with Gasteiger partial charge in [-0.1, -0.05) is 18.0 Å². The average molecular weight is 616 g/mol. The number of rotatable bonds is 10. The van der Waals surface area contributed by atoms with Crippen molar-refractivity contribution < 1.29 is 27.0 Å². The van der Waals surface area contributed by atoms with Crippen molar-refractivity contribution in [2.24, 2.45) is 7.05 Å². The van der Waals surface area contributed by atoms with Crippen LogP contribution < -0.4 is 18.5 Å². The molecule has 10 nitrogen and oxygen atoms in total. The highest BCUT2D eigenvalue weighted by molar-refractivity contribution is 7.92. The van der Waals surface area contributed by atoms with Gasteiger partial charge in [0.2, 0.25) is 0 Å². The predicted molar refractivity (Wildman–Crippen MR) is 155 cm³/mol. The van der Waals surface area contributed by atoms with Crippen molar-refractivity contribution >= 4 is 27.4 Å². The van der Waals surface area contributed by atoms with E-state index in [1.807, 2.05) is 17.8 Å². The average Bonchev–Trinajstić information content (AvgIpc) is 3.43. The van der Waals surface area contributed by atoms with E-state index in [-0.39, 0.29) is 35.2 Å². The van der Waals surface area contributed by atoms with Crippen LogP contribution >= 0.6 is 11.6 Å². The van der Waals surface area contributed by atoms with Crippen LogP contribution in [-0.2, 0) is 23.6 Å². The van der Waals surface area contributed by atoms with Crippen LogP contribution in [0.25, 0.3) is 0 Å². The fourth-order valence-corrected chi connectivity index (χ4v) is 7.01. The molecule has 0 unspecified atom stereocenters. The number of aromatic nitrogens is 4. The standard InChI is InChI=1S/C29H31ClFN5O5S/c1-35-24(10-13-34-35)21-6-4-5-7-25(21)41-27-16-23(31)28(15-22(27)30)42(37,38)36(29-11-12-32-18-33-29)17-19-8-9-20(39-2)14-26(19)40-3/h8-16,18,21,25H,4-7,17H2,1-3H3/t21-,25+/m0/s1. The Morgan fingerprint density at radius 2 is 1.86 bits per heavy atom. The Labute approximate surface area is 249 Å². The second-order valence-corrected chi connectivity index (χ2v) is 12.1. The zero-order chi connectivity index (χ0) is 29.9. The third-order valence-corrected chi connectivity index (χ3v) is 9.46. The van der Waals surface area contributed by atoms with Gasteiger partial charge >= 0.3 is 0 Å². The number of benzene rings is 2. The fourth-order valence-electron chi connectivity index (χ4n) is 5.26.